The quantitative estimate of drug-likeness (QED) is 0.832. The number of nitrogens with one attached hydrogen (secondary N) is 1. The summed E-state index contributed by atoms with van der Waals surface area (Å²) in [6.07, 6.45) is 0.0350. The second kappa shape index (κ2) is 5.81. The van der Waals surface area contributed by atoms with Gasteiger partial charge in [-0.15, -0.1) is 0 Å². The van der Waals surface area contributed by atoms with Crippen molar-refractivity contribution in [1.29, 1.82) is 0 Å². The summed E-state index contributed by atoms with van der Waals surface area (Å²) >= 11 is 0. The van der Waals surface area contributed by atoms with E-state index in [-0.39, 0.29) is 12.8 Å². The summed E-state index contributed by atoms with van der Waals surface area (Å²) in [6, 6.07) is 4.03. The minimum atomic E-state index is -0.539. The van der Waals surface area contributed by atoms with Gasteiger partial charge in [-0.3, -0.25) is 0 Å². The first-order valence-corrected chi connectivity index (χ1v) is 7.12. The molecule has 0 radical (unpaired) electrons. The fraction of sp³-hybridized carbons (Fsp3) is 0.533. The maximum atomic E-state index is 11.6. The third-order valence-electron chi connectivity index (χ3n) is 3.41. The molecule has 1 fully saturated rings. The lowest BCUT2D eigenvalue weighted by Gasteiger charge is -2.16. The maximum Gasteiger partial charge on any atom is 0.347 e. The van der Waals surface area contributed by atoms with Crippen molar-refractivity contribution in [2.45, 2.75) is 39.0 Å². The second-order valence-corrected chi connectivity index (χ2v) is 5.41. The van der Waals surface area contributed by atoms with E-state index >= 15 is 0 Å². The van der Waals surface area contributed by atoms with E-state index < -0.39 is 6.10 Å². The number of carbonyl (C=O) groups is 1. The van der Waals surface area contributed by atoms with Crippen molar-refractivity contribution in [3.63, 3.8) is 0 Å². The minimum absolute atomic E-state index is 0.210. The Morgan fingerprint density at radius 3 is 2.71 bits per heavy atom. The van der Waals surface area contributed by atoms with Crippen LogP contribution in [0.25, 0.3) is 0 Å². The van der Waals surface area contributed by atoms with Crippen LogP contribution in [0.15, 0.2) is 12.1 Å². The lowest BCUT2D eigenvalue weighted by atomic mass is 10.1. The van der Waals surface area contributed by atoms with Gasteiger partial charge in [-0.2, -0.15) is 0 Å². The molecule has 0 saturated carbocycles. The summed E-state index contributed by atoms with van der Waals surface area (Å²) in [4.78, 5) is 11.6. The highest BCUT2D eigenvalue weighted by Gasteiger charge is 2.30. The lowest BCUT2D eigenvalue weighted by Crippen LogP contribution is -2.25. The maximum absolute atomic E-state index is 11.6. The normalized spacial score (nSPS) is 20.0. The van der Waals surface area contributed by atoms with Crippen LogP contribution in [0.1, 0.15) is 25.8 Å². The Morgan fingerprint density at radius 1 is 1.29 bits per heavy atom. The van der Waals surface area contributed by atoms with E-state index in [2.05, 4.69) is 19.2 Å². The van der Waals surface area contributed by atoms with Crippen LogP contribution in [0.3, 0.4) is 0 Å². The van der Waals surface area contributed by atoms with Crippen LogP contribution in [0.2, 0.25) is 0 Å². The van der Waals surface area contributed by atoms with Crippen molar-refractivity contribution in [3.8, 4) is 17.2 Å². The van der Waals surface area contributed by atoms with Crippen LogP contribution in [-0.2, 0) is 16.1 Å². The van der Waals surface area contributed by atoms with Gasteiger partial charge in [0.2, 0.25) is 6.79 Å². The van der Waals surface area contributed by atoms with E-state index in [1.165, 1.54) is 0 Å². The molecule has 3 rings (SSSR count). The highest BCUT2D eigenvalue weighted by molar-refractivity contribution is 5.77. The average molecular weight is 293 g/mol. The molecule has 0 spiro atoms. The predicted molar refractivity (Wildman–Crippen MR) is 74.5 cm³/mol. The molecular formula is C15H19NO5. The Morgan fingerprint density at radius 2 is 2.05 bits per heavy atom. The summed E-state index contributed by atoms with van der Waals surface area (Å²) in [7, 11) is 0. The number of carbonyl (C=O) groups excluding carboxylic acids is 1. The zero-order valence-electron chi connectivity index (χ0n) is 12.2. The Balaban J connectivity index is 1.83. The minimum Gasteiger partial charge on any atom is -0.478 e. The zero-order valence-corrected chi connectivity index (χ0v) is 12.2. The molecule has 1 N–H and O–H groups in total. The van der Waals surface area contributed by atoms with Crippen LogP contribution in [-0.4, -0.2) is 31.5 Å². The van der Waals surface area contributed by atoms with Crippen LogP contribution in [0.5, 0.6) is 17.2 Å². The van der Waals surface area contributed by atoms with Gasteiger partial charge in [-0.05, 0) is 6.07 Å². The molecule has 2 aliphatic heterocycles. The molecule has 1 saturated heterocycles. The molecule has 114 valence electrons. The van der Waals surface area contributed by atoms with Crippen molar-refractivity contribution in [1.82, 2.24) is 5.32 Å². The van der Waals surface area contributed by atoms with Crippen molar-refractivity contribution >= 4 is 5.97 Å². The predicted octanol–water partition coefficient (Wildman–Crippen LogP) is 1.61. The number of benzene rings is 1. The Hall–Kier alpha value is -1.95. The molecule has 1 atom stereocenters. The fourth-order valence-corrected chi connectivity index (χ4v) is 2.27. The van der Waals surface area contributed by atoms with Gasteiger partial charge in [-0.1, -0.05) is 13.8 Å². The highest BCUT2D eigenvalue weighted by atomic mass is 16.7. The van der Waals surface area contributed by atoms with Crippen molar-refractivity contribution in [2.24, 2.45) is 0 Å². The number of fused-ring (bicyclic) bond motifs is 1. The fourth-order valence-electron chi connectivity index (χ4n) is 2.27. The molecule has 0 bridgehead atoms. The molecule has 21 heavy (non-hydrogen) atoms. The number of rotatable bonds is 5. The van der Waals surface area contributed by atoms with Crippen LogP contribution in [0, 0.1) is 0 Å². The van der Waals surface area contributed by atoms with Crippen molar-refractivity contribution < 1.29 is 23.7 Å². The van der Waals surface area contributed by atoms with Gasteiger partial charge in [0.1, 0.15) is 5.75 Å². The first kappa shape index (κ1) is 14.0. The summed E-state index contributed by atoms with van der Waals surface area (Å²) in [6.45, 7) is 5.39. The number of hydrogen-bond acceptors (Lipinski definition) is 6. The average Bonchev–Trinajstić information content (AvgIpc) is 3.05. The summed E-state index contributed by atoms with van der Waals surface area (Å²) in [5.41, 5.74) is 0.938. The number of cyclic esters (lactones) is 1. The SMILES string of the molecule is CC(C)NCc1cc2c(cc1OC1CCOC1=O)OCO2. The van der Waals surface area contributed by atoms with E-state index in [0.29, 0.717) is 42.9 Å². The van der Waals surface area contributed by atoms with E-state index in [9.17, 15) is 4.79 Å². The summed E-state index contributed by atoms with van der Waals surface area (Å²) in [5, 5.41) is 3.34. The number of esters is 1. The molecule has 0 aromatic heterocycles. The van der Waals surface area contributed by atoms with Gasteiger partial charge in [-0.25, -0.2) is 4.79 Å². The van der Waals surface area contributed by atoms with E-state index in [1.54, 1.807) is 6.07 Å². The van der Waals surface area contributed by atoms with Gasteiger partial charge in [0, 0.05) is 30.6 Å². The zero-order chi connectivity index (χ0) is 14.8. The van der Waals surface area contributed by atoms with E-state index in [4.69, 9.17) is 18.9 Å². The van der Waals surface area contributed by atoms with Gasteiger partial charge >= 0.3 is 5.97 Å². The smallest absolute Gasteiger partial charge is 0.347 e. The standard InChI is InChI=1S/C15H19NO5/c1-9(2)16-7-10-5-13-14(20-8-19-13)6-12(10)21-11-3-4-18-15(11)17/h5-6,9,11,16H,3-4,7-8H2,1-2H3. The molecule has 1 unspecified atom stereocenters. The topological polar surface area (TPSA) is 66.0 Å². The monoisotopic (exact) mass is 293 g/mol. The molecule has 2 heterocycles. The molecule has 6 heteroatoms. The number of ether oxygens (including phenoxy) is 4. The molecule has 0 aliphatic carbocycles. The Bertz CT molecular complexity index is 543. The lowest BCUT2D eigenvalue weighted by molar-refractivity contribution is -0.143. The van der Waals surface area contributed by atoms with Crippen LogP contribution >= 0.6 is 0 Å². The van der Waals surface area contributed by atoms with Crippen LogP contribution in [0.4, 0.5) is 0 Å². The third-order valence-corrected chi connectivity index (χ3v) is 3.41. The van der Waals surface area contributed by atoms with E-state index in [0.717, 1.165) is 5.56 Å². The molecule has 2 aliphatic rings. The number of hydrogen-bond donors (Lipinski definition) is 1. The van der Waals surface area contributed by atoms with Gasteiger partial charge < -0.3 is 24.3 Å². The van der Waals surface area contributed by atoms with Gasteiger partial charge in [0.15, 0.2) is 17.6 Å². The molecule has 0 amide bonds. The van der Waals surface area contributed by atoms with Gasteiger partial charge in [0.05, 0.1) is 6.61 Å². The van der Waals surface area contributed by atoms with Crippen LogP contribution < -0.4 is 19.5 Å². The first-order valence-electron chi connectivity index (χ1n) is 7.12. The first-order chi connectivity index (χ1) is 10.1. The molecule has 1 aromatic carbocycles. The molecular weight excluding hydrogens is 274 g/mol. The largest absolute Gasteiger partial charge is 0.478 e. The summed E-state index contributed by atoms with van der Waals surface area (Å²) in [5.74, 6) is 1.67. The van der Waals surface area contributed by atoms with E-state index in [1.807, 2.05) is 6.07 Å². The second-order valence-electron chi connectivity index (χ2n) is 5.41. The summed E-state index contributed by atoms with van der Waals surface area (Å²) < 4.78 is 21.5. The molecule has 1 aromatic rings. The third kappa shape index (κ3) is 3.05. The Kier molecular flexibility index (Phi) is 3.88. The van der Waals surface area contributed by atoms with Gasteiger partial charge in [0.25, 0.3) is 0 Å². The van der Waals surface area contributed by atoms with Crippen molar-refractivity contribution in [2.75, 3.05) is 13.4 Å². The highest BCUT2D eigenvalue weighted by Crippen LogP contribution is 2.39. The van der Waals surface area contributed by atoms with Crippen molar-refractivity contribution in [3.05, 3.63) is 17.7 Å². The molecule has 6 nitrogen and oxygen atoms in total. The Labute approximate surface area is 123 Å².